The summed E-state index contributed by atoms with van der Waals surface area (Å²) < 4.78 is 0. The zero-order valence-electron chi connectivity index (χ0n) is 10.9. The van der Waals surface area contributed by atoms with Gasteiger partial charge in [0.05, 0.1) is 5.56 Å². The highest BCUT2D eigenvalue weighted by Gasteiger charge is 2.20. The van der Waals surface area contributed by atoms with E-state index in [-0.39, 0.29) is 11.9 Å². The smallest absolute Gasteiger partial charge is 0.253 e. The van der Waals surface area contributed by atoms with Crippen molar-refractivity contribution in [3.05, 3.63) is 36.0 Å². The van der Waals surface area contributed by atoms with Gasteiger partial charge in [0.1, 0.15) is 5.82 Å². The van der Waals surface area contributed by atoms with Gasteiger partial charge in [-0.2, -0.15) is 11.8 Å². The van der Waals surface area contributed by atoms with E-state index in [1.807, 2.05) is 36.0 Å². The highest BCUT2D eigenvalue weighted by Crippen LogP contribution is 2.24. The third kappa shape index (κ3) is 2.44. The summed E-state index contributed by atoms with van der Waals surface area (Å²) >= 11 is 1.87. The molecule has 2 heterocycles. The monoisotopic (exact) mass is 288 g/mol. The fraction of sp³-hybridized carbons (Fsp3) is 0.286. The second-order valence-electron chi connectivity index (χ2n) is 4.74. The lowest BCUT2D eigenvalue weighted by atomic mass is 10.1. The van der Waals surface area contributed by atoms with Crippen molar-refractivity contribution in [2.45, 2.75) is 12.5 Å². The molecular weight excluding hydrogens is 272 g/mol. The summed E-state index contributed by atoms with van der Waals surface area (Å²) in [6.45, 7) is 0. The van der Waals surface area contributed by atoms with Crippen molar-refractivity contribution in [2.75, 3.05) is 16.9 Å². The van der Waals surface area contributed by atoms with Crippen LogP contribution in [0.25, 0.3) is 10.8 Å². The topological polar surface area (TPSA) is 80.0 Å². The van der Waals surface area contributed by atoms with Crippen molar-refractivity contribution in [1.29, 1.82) is 0 Å². The fourth-order valence-electron chi connectivity index (χ4n) is 2.40. The molecule has 104 valence electrons. The molecule has 0 spiro atoms. The van der Waals surface area contributed by atoms with Crippen LogP contribution >= 0.6 is 11.8 Å². The third-order valence-corrected chi connectivity index (χ3v) is 4.60. The van der Waals surface area contributed by atoms with E-state index in [1.165, 1.54) is 0 Å². The van der Waals surface area contributed by atoms with Crippen molar-refractivity contribution in [1.82, 2.24) is 10.3 Å². The largest absolute Gasteiger partial charge is 0.348 e. The first-order chi connectivity index (χ1) is 9.79. The van der Waals surface area contributed by atoms with Gasteiger partial charge >= 0.3 is 0 Å². The number of aromatic nitrogens is 1. The average Bonchev–Trinajstić information content (AvgIpc) is 2.99. The van der Waals surface area contributed by atoms with Gasteiger partial charge in [-0.1, -0.05) is 24.3 Å². The highest BCUT2D eigenvalue weighted by molar-refractivity contribution is 7.99. The SMILES string of the molecule is NNc1ncc(C(=O)NC2CCSC2)c2ccccc12. The van der Waals surface area contributed by atoms with Crippen LogP contribution in [0.15, 0.2) is 30.5 Å². The standard InChI is InChI=1S/C14H16N4OS/c15-18-13-11-4-2-1-3-10(11)12(7-16-13)14(19)17-9-5-6-20-8-9/h1-4,7,9H,5-6,8,15H2,(H,16,18)(H,17,19). The number of carbonyl (C=O) groups is 1. The molecule has 5 nitrogen and oxygen atoms in total. The molecular formula is C14H16N4OS. The zero-order chi connectivity index (χ0) is 13.9. The Bertz CT molecular complexity index is 640. The average molecular weight is 288 g/mol. The maximum atomic E-state index is 12.4. The molecule has 1 aliphatic rings. The van der Waals surface area contributed by atoms with E-state index in [0.717, 1.165) is 28.7 Å². The van der Waals surface area contributed by atoms with Crippen molar-refractivity contribution in [2.24, 2.45) is 5.84 Å². The fourth-order valence-corrected chi connectivity index (χ4v) is 3.55. The number of pyridine rings is 1. The molecule has 1 fully saturated rings. The molecule has 0 bridgehead atoms. The second-order valence-corrected chi connectivity index (χ2v) is 5.89. The van der Waals surface area contributed by atoms with E-state index >= 15 is 0 Å². The van der Waals surface area contributed by atoms with Crippen LogP contribution in [-0.2, 0) is 0 Å². The number of hydrogen-bond acceptors (Lipinski definition) is 5. The maximum Gasteiger partial charge on any atom is 0.253 e. The van der Waals surface area contributed by atoms with Crippen LogP contribution in [-0.4, -0.2) is 28.4 Å². The number of fused-ring (bicyclic) bond motifs is 1. The molecule has 3 rings (SSSR count). The predicted octanol–water partition coefficient (Wildman–Crippen LogP) is 1.76. The summed E-state index contributed by atoms with van der Waals surface area (Å²) in [6.07, 6.45) is 2.61. The number of thioether (sulfide) groups is 1. The summed E-state index contributed by atoms with van der Waals surface area (Å²) in [6, 6.07) is 7.89. The van der Waals surface area contributed by atoms with Crippen LogP contribution in [0.1, 0.15) is 16.8 Å². The number of nitrogens with one attached hydrogen (secondary N) is 2. The Kier molecular flexibility index (Phi) is 3.75. The molecule has 0 aliphatic carbocycles. The van der Waals surface area contributed by atoms with Crippen LogP contribution < -0.4 is 16.6 Å². The molecule has 0 saturated carbocycles. The van der Waals surface area contributed by atoms with Gasteiger partial charge in [0.25, 0.3) is 5.91 Å². The van der Waals surface area contributed by atoms with Crippen LogP contribution in [0.5, 0.6) is 0 Å². The number of hydrazine groups is 1. The lowest BCUT2D eigenvalue weighted by Gasteiger charge is -2.13. The van der Waals surface area contributed by atoms with Crippen molar-refractivity contribution in [3.63, 3.8) is 0 Å². The van der Waals surface area contributed by atoms with Crippen molar-refractivity contribution < 1.29 is 4.79 Å². The number of nitrogen functional groups attached to an aromatic ring is 1. The van der Waals surface area contributed by atoms with Crippen LogP contribution in [0.4, 0.5) is 5.82 Å². The first kappa shape index (κ1) is 13.2. The Hall–Kier alpha value is -1.79. The third-order valence-electron chi connectivity index (χ3n) is 3.44. The molecule has 6 heteroatoms. The molecule has 1 aromatic carbocycles. The zero-order valence-corrected chi connectivity index (χ0v) is 11.7. The number of anilines is 1. The first-order valence-corrected chi connectivity index (χ1v) is 7.68. The molecule has 20 heavy (non-hydrogen) atoms. The number of amides is 1. The molecule has 2 aromatic rings. The molecule has 1 aliphatic heterocycles. The Morgan fingerprint density at radius 2 is 2.15 bits per heavy atom. The summed E-state index contributed by atoms with van der Waals surface area (Å²) in [5.41, 5.74) is 3.16. The summed E-state index contributed by atoms with van der Waals surface area (Å²) in [7, 11) is 0. The Morgan fingerprint density at radius 3 is 2.85 bits per heavy atom. The summed E-state index contributed by atoms with van der Waals surface area (Å²) in [4.78, 5) is 16.6. The minimum absolute atomic E-state index is 0.0650. The molecule has 1 atom stereocenters. The first-order valence-electron chi connectivity index (χ1n) is 6.52. The number of nitrogens with zero attached hydrogens (tertiary/aromatic N) is 1. The quantitative estimate of drug-likeness (QED) is 0.592. The van der Waals surface area contributed by atoms with Gasteiger partial charge < -0.3 is 10.7 Å². The minimum Gasteiger partial charge on any atom is -0.348 e. The summed E-state index contributed by atoms with van der Waals surface area (Å²) in [5.74, 6) is 8.07. The molecule has 1 unspecified atom stereocenters. The highest BCUT2D eigenvalue weighted by atomic mass is 32.2. The number of rotatable bonds is 3. The van der Waals surface area contributed by atoms with Gasteiger partial charge in [-0.05, 0) is 17.6 Å². The van der Waals surface area contributed by atoms with Crippen molar-refractivity contribution in [3.8, 4) is 0 Å². The number of benzene rings is 1. The van der Waals surface area contributed by atoms with Gasteiger partial charge in [0.2, 0.25) is 0 Å². The van der Waals surface area contributed by atoms with E-state index in [1.54, 1.807) is 6.20 Å². The van der Waals surface area contributed by atoms with E-state index < -0.39 is 0 Å². The molecule has 1 saturated heterocycles. The summed E-state index contributed by atoms with van der Waals surface area (Å²) in [5, 5.41) is 4.78. The second kappa shape index (κ2) is 5.68. The Morgan fingerprint density at radius 1 is 1.35 bits per heavy atom. The molecule has 0 radical (unpaired) electrons. The van der Waals surface area contributed by atoms with Gasteiger partial charge in [-0.3, -0.25) is 4.79 Å². The lowest BCUT2D eigenvalue weighted by molar-refractivity contribution is 0.0942. The van der Waals surface area contributed by atoms with E-state index in [9.17, 15) is 4.79 Å². The van der Waals surface area contributed by atoms with Gasteiger partial charge in [-0.15, -0.1) is 0 Å². The van der Waals surface area contributed by atoms with E-state index in [2.05, 4.69) is 15.7 Å². The van der Waals surface area contributed by atoms with Gasteiger partial charge in [0.15, 0.2) is 0 Å². The number of hydrogen-bond donors (Lipinski definition) is 3. The predicted molar refractivity (Wildman–Crippen MR) is 82.7 cm³/mol. The molecule has 4 N–H and O–H groups in total. The van der Waals surface area contributed by atoms with Crippen LogP contribution in [0.2, 0.25) is 0 Å². The van der Waals surface area contributed by atoms with Crippen LogP contribution in [0, 0.1) is 0 Å². The van der Waals surface area contributed by atoms with Crippen molar-refractivity contribution >= 4 is 34.3 Å². The normalized spacial score (nSPS) is 18.1. The number of nitrogens with two attached hydrogens (primary N) is 1. The Labute approximate surface area is 121 Å². The lowest BCUT2D eigenvalue weighted by Crippen LogP contribution is -2.34. The van der Waals surface area contributed by atoms with Gasteiger partial charge in [-0.25, -0.2) is 10.8 Å². The van der Waals surface area contributed by atoms with E-state index in [0.29, 0.717) is 11.4 Å². The maximum absolute atomic E-state index is 12.4. The number of carbonyl (C=O) groups excluding carboxylic acids is 1. The Balaban J connectivity index is 1.96. The molecule has 1 amide bonds. The molecule has 1 aromatic heterocycles. The minimum atomic E-state index is -0.0650. The van der Waals surface area contributed by atoms with Gasteiger partial charge in [0, 0.05) is 23.4 Å². The van der Waals surface area contributed by atoms with E-state index in [4.69, 9.17) is 5.84 Å². The van der Waals surface area contributed by atoms with Crippen LogP contribution in [0.3, 0.4) is 0 Å².